The fraction of sp³-hybridized carbons (Fsp3) is 0.385. The van der Waals surface area contributed by atoms with Crippen LogP contribution >= 0.6 is 0 Å². The summed E-state index contributed by atoms with van der Waals surface area (Å²) in [6.45, 7) is 1.96. The summed E-state index contributed by atoms with van der Waals surface area (Å²) in [5.41, 5.74) is 0.923. The SMILES string of the molecule is CC(CC(=O)O)CC(=O)OCc1ccccc1. The predicted molar refractivity (Wildman–Crippen MR) is 62.3 cm³/mol. The second kappa shape index (κ2) is 6.68. The number of carbonyl (C=O) groups is 2. The third-order valence-electron chi connectivity index (χ3n) is 2.28. The summed E-state index contributed by atoms with van der Waals surface area (Å²) in [6.07, 6.45) is 0.125. The minimum atomic E-state index is -0.895. The van der Waals surface area contributed by atoms with Gasteiger partial charge in [0.2, 0.25) is 0 Å². The van der Waals surface area contributed by atoms with Gasteiger partial charge in [-0.25, -0.2) is 0 Å². The fourth-order valence-corrected chi connectivity index (χ4v) is 1.45. The molecule has 4 heteroatoms. The Morgan fingerprint density at radius 3 is 2.47 bits per heavy atom. The normalized spacial score (nSPS) is 11.8. The molecule has 1 atom stereocenters. The van der Waals surface area contributed by atoms with Crippen LogP contribution in [0.3, 0.4) is 0 Å². The molecule has 0 aromatic heterocycles. The summed E-state index contributed by atoms with van der Waals surface area (Å²) in [5, 5.41) is 8.55. The first-order valence-electron chi connectivity index (χ1n) is 5.49. The van der Waals surface area contributed by atoms with Crippen molar-refractivity contribution in [3.05, 3.63) is 35.9 Å². The van der Waals surface area contributed by atoms with Crippen LogP contribution in [0.15, 0.2) is 30.3 Å². The number of rotatable bonds is 6. The van der Waals surface area contributed by atoms with Crippen LogP contribution in [0.25, 0.3) is 0 Å². The lowest BCUT2D eigenvalue weighted by molar-refractivity contribution is -0.146. The zero-order valence-corrected chi connectivity index (χ0v) is 9.76. The molecule has 1 aromatic carbocycles. The Kier molecular flexibility index (Phi) is 5.20. The second-order valence-corrected chi connectivity index (χ2v) is 4.05. The largest absolute Gasteiger partial charge is 0.481 e. The van der Waals surface area contributed by atoms with Crippen LogP contribution < -0.4 is 0 Å². The maximum atomic E-state index is 11.4. The van der Waals surface area contributed by atoms with Crippen molar-refractivity contribution >= 4 is 11.9 Å². The lowest BCUT2D eigenvalue weighted by atomic mass is 10.0. The van der Waals surface area contributed by atoms with E-state index < -0.39 is 5.97 Å². The molecule has 4 nitrogen and oxygen atoms in total. The van der Waals surface area contributed by atoms with Gasteiger partial charge < -0.3 is 9.84 Å². The van der Waals surface area contributed by atoms with Gasteiger partial charge in [0, 0.05) is 12.8 Å². The first-order chi connectivity index (χ1) is 8.08. The van der Waals surface area contributed by atoms with Crippen LogP contribution in [0.1, 0.15) is 25.3 Å². The Labute approximate surface area is 100 Å². The molecule has 0 heterocycles. The van der Waals surface area contributed by atoms with Crippen molar-refractivity contribution in [2.24, 2.45) is 5.92 Å². The minimum absolute atomic E-state index is 0.0135. The van der Waals surface area contributed by atoms with E-state index in [1.54, 1.807) is 6.92 Å². The minimum Gasteiger partial charge on any atom is -0.481 e. The molecule has 0 amide bonds. The molecular weight excluding hydrogens is 220 g/mol. The van der Waals surface area contributed by atoms with Crippen LogP contribution in [-0.2, 0) is 20.9 Å². The van der Waals surface area contributed by atoms with Gasteiger partial charge in [-0.05, 0) is 11.5 Å². The maximum Gasteiger partial charge on any atom is 0.306 e. The molecule has 0 saturated heterocycles. The number of carboxylic acid groups (broad SMARTS) is 1. The highest BCUT2D eigenvalue weighted by atomic mass is 16.5. The van der Waals surface area contributed by atoms with Gasteiger partial charge in [0.1, 0.15) is 6.61 Å². The molecule has 0 fully saturated rings. The summed E-state index contributed by atoms with van der Waals surface area (Å²) >= 11 is 0. The van der Waals surface area contributed by atoms with Gasteiger partial charge in [-0.15, -0.1) is 0 Å². The number of esters is 1. The van der Waals surface area contributed by atoms with E-state index in [-0.39, 0.29) is 31.3 Å². The van der Waals surface area contributed by atoms with Crippen LogP contribution in [0.5, 0.6) is 0 Å². The molecule has 1 N–H and O–H groups in total. The Hall–Kier alpha value is -1.84. The average molecular weight is 236 g/mol. The number of hydrogen-bond acceptors (Lipinski definition) is 3. The Bertz CT molecular complexity index is 372. The van der Waals surface area contributed by atoms with E-state index in [1.807, 2.05) is 30.3 Å². The van der Waals surface area contributed by atoms with E-state index in [0.29, 0.717) is 0 Å². The van der Waals surface area contributed by atoms with E-state index >= 15 is 0 Å². The van der Waals surface area contributed by atoms with Gasteiger partial charge in [0.15, 0.2) is 0 Å². The smallest absolute Gasteiger partial charge is 0.306 e. The molecule has 1 rings (SSSR count). The molecule has 0 bridgehead atoms. The van der Waals surface area contributed by atoms with Gasteiger partial charge in [0.05, 0.1) is 0 Å². The summed E-state index contributed by atoms with van der Waals surface area (Å²) < 4.78 is 5.05. The van der Waals surface area contributed by atoms with Crippen molar-refractivity contribution < 1.29 is 19.4 Å². The molecule has 0 spiro atoms. The lowest BCUT2D eigenvalue weighted by Gasteiger charge is -2.08. The molecule has 1 aromatic rings. The molecule has 17 heavy (non-hydrogen) atoms. The lowest BCUT2D eigenvalue weighted by Crippen LogP contribution is -2.12. The first kappa shape index (κ1) is 13.2. The van der Waals surface area contributed by atoms with Crippen molar-refractivity contribution in [3.63, 3.8) is 0 Å². The fourth-order valence-electron chi connectivity index (χ4n) is 1.45. The quantitative estimate of drug-likeness (QED) is 0.769. The predicted octanol–water partition coefficient (Wildman–Crippen LogP) is 2.23. The van der Waals surface area contributed by atoms with Crippen molar-refractivity contribution in [2.75, 3.05) is 0 Å². The Balaban J connectivity index is 2.28. The zero-order chi connectivity index (χ0) is 12.7. The maximum absolute atomic E-state index is 11.4. The average Bonchev–Trinajstić information content (AvgIpc) is 2.26. The topological polar surface area (TPSA) is 63.6 Å². The van der Waals surface area contributed by atoms with Crippen molar-refractivity contribution in [3.8, 4) is 0 Å². The monoisotopic (exact) mass is 236 g/mol. The highest BCUT2D eigenvalue weighted by Crippen LogP contribution is 2.09. The summed E-state index contributed by atoms with van der Waals surface area (Å²) in [7, 11) is 0. The van der Waals surface area contributed by atoms with E-state index in [0.717, 1.165) is 5.56 Å². The Morgan fingerprint density at radius 1 is 1.24 bits per heavy atom. The molecule has 0 aliphatic heterocycles. The van der Waals surface area contributed by atoms with Crippen LogP contribution in [0, 0.1) is 5.92 Å². The van der Waals surface area contributed by atoms with Crippen molar-refractivity contribution in [2.45, 2.75) is 26.4 Å². The van der Waals surface area contributed by atoms with Crippen LogP contribution in [0.4, 0.5) is 0 Å². The van der Waals surface area contributed by atoms with Gasteiger partial charge in [-0.1, -0.05) is 37.3 Å². The van der Waals surface area contributed by atoms with E-state index in [4.69, 9.17) is 9.84 Å². The van der Waals surface area contributed by atoms with Gasteiger partial charge in [-0.3, -0.25) is 9.59 Å². The van der Waals surface area contributed by atoms with E-state index in [2.05, 4.69) is 0 Å². The molecule has 1 unspecified atom stereocenters. The Morgan fingerprint density at radius 2 is 1.88 bits per heavy atom. The molecular formula is C13H16O4. The van der Waals surface area contributed by atoms with Gasteiger partial charge in [-0.2, -0.15) is 0 Å². The number of ether oxygens (including phenoxy) is 1. The molecule has 92 valence electrons. The summed E-state index contributed by atoms with van der Waals surface area (Å²) in [6, 6.07) is 9.37. The first-order valence-corrected chi connectivity index (χ1v) is 5.49. The number of benzene rings is 1. The van der Waals surface area contributed by atoms with Gasteiger partial charge >= 0.3 is 11.9 Å². The van der Waals surface area contributed by atoms with E-state index in [9.17, 15) is 9.59 Å². The standard InChI is InChI=1S/C13H16O4/c1-10(7-12(14)15)8-13(16)17-9-11-5-3-2-4-6-11/h2-6,10H,7-9H2,1H3,(H,14,15). The molecule has 0 aliphatic carbocycles. The number of hydrogen-bond donors (Lipinski definition) is 1. The van der Waals surface area contributed by atoms with Crippen LogP contribution in [0.2, 0.25) is 0 Å². The summed E-state index contributed by atoms with van der Waals surface area (Å²) in [4.78, 5) is 21.8. The second-order valence-electron chi connectivity index (χ2n) is 4.05. The number of aliphatic carboxylic acids is 1. The zero-order valence-electron chi connectivity index (χ0n) is 9.76. The number of carboxylic acids is 1. The van der Waals surface area contributed by atoms with Crippen molar-refractivity contribution in [1.29, 1.82) is 0 Å². The third-order valence-corrected chi connectivity index (χ3v) is 2.28. The van der Waals surface area contributed by atoms with Gasteiger partial charge in [0.25, 0.3) is 0 Å². The molecule has 0 saturated carbocycles. The highest BCUT2D eigenvalue weighted by molar-refractivity contribution is 5.72. The third kappa shape index (κ3) is 5.70. The molecule has 0 aliphatic rings. The summed E-state index contributed by atoms with van der Waals surface area (Å²) in [5.74, 6) is -1.45. The van der Waals surface area contributed by atoms with Crippen LogP contribution in [-0.4, -0.2) is 17.0 Å². The van der Waals surface area contributed by atoms with Crippen molar-refractivity contribution in [1.82, 2.24) is 0 Å². The number of carbonyl (C=O) groups excluding carboxylic acids is 1. The van der Waals surface area contributed by atoms with E-state index in [1.165, 1.54) is 0 Å². The molecule has 0 radical (unpaired) electrons. The highest BCUT2D eigenvalue weighted by Gasteiger charge is 2.13.